The third kappa shape index (κ3) is 7.59. The number of hydrogen-bond acceptors (Lipinski definition) is 5. The maximum absolute atomic E-state index is 13.3. The first-order valence-corrected chi connectivity index (χ1v) is 10.1. The van der Waals surface area contributed by atoms with Crippen LogP contribution in [0.1, 0.15) is 16.7 Å². The topological polar surface area (TPSA) is 63.9 Å². The van der Waals surface area contributed by atoms with Gasteiger partial charge in [-0.1, -0.05) is 18.2 Å². The summed E-state index contributed by atoms with van der Waals surface area (Å²) in [5.41, 5.74) is 2.82. The average molecular weight is 463 g/mol. The van der Waals surface area contributed by atoms with Gasteiger partial charge in [0.1, 0.15) is 12.4 Å². The molecule has 1 N–H and O–H groups in total. The van der Waals surface area contributed by atoms with Crippen molar-refractivity contribution in [1.29, 1.82) is 0 Å². The van der Waals surface area contributed by atoms with E-state index in [4.69, 9.17) is 13.9 Å². The van der Waals surface area contributed by atoms with Crippen LogP contribution in [0.15, 0.2) is 65.5 Å². The molecule has 1 aromatic heterocycles. The van der Waals surface area contributed by atoms with E-state index < -0.39 is 0 Å². The first-order chi connectivity index (χ1) is 15.1. The van der Waals surface area contributed by atoms with E-state index in [1.165, 1.54) is 12.1 Å². The van der Waals surface area contributed by atoms with Gasteiger partial charge in [0.25, 0.3) is 0 Å². The third-order valence-electron chi connectivity index (χ3n) is 4.86. The summed E-state index contributed by atoms with van der Waals surface area (Å²) in [5, 5.41) is 2.67. The maximum atomic E-state index is 13.3. The molecule has 0 aliphatic carbocycles. The van der Waals surface area contributed by atoms with Gasteiger partial charge in [0.15, 0.2) is 11.5 Å². The van der Waals surface area contributed by atoms with Gasteiger partial charge in [-0.05, 0) is 47.9 Å². The molecule has 8 heteroatoms. The van der Waals surface area contributed by atoms with Gasteiger partial charge in [-0.2, -0.15) is 0 Å². The van der Waals surface area contributed by atoms with Crippen molar-refractivity contribution < 1.29 is 23.1 Å². The molecule has 1 heterocycles. The van der Waals surface area contributed by atoms with Crippen LogP contribution in [0.4, 0.5) is 4.39 Å². The standard InChI is InChI=1S/C24H27FN2O4.ClH/c1-26-24(28)15-27(14-20-9-11-30-16-20)10-8-18-6-7-22(23(13-18)29-2)31-17-19-4-3-5-21(25)12-19;/h3-7,9,11-13,16H,8,10,14-15,17H2,1-2H3,(H,26,28);1H. The van der Waals surface area contributed by atoms with E-state index >= 15 is 0 Å². The number of hydrogen-bond donors (Lipinski definition) is 1. The first-order valence-electron chi connectivity index (χ1n) is 10.1. The van der Waals surface area contributed by atoms with Crippen LogP contribution in [-0.2, 0) is 24.4 Å². The average Bonchev–Trinajstić information content (AvgIpc) is 3.29. The van der Waals surface area contributed by atoms with Crippen LogP contribution in [0.3, 0.4) is 0 Å². The summed E-state index contributed by atoms with van der Waals surface area (Å²) in [7, 11) is 3.22. The molecule has 6 nitrogen and oxygen atoms in total. The molecule has 3 aromatic rings. The fourth-order valence-electron chi connectivity index (χ4n) is 3.20. The normalized spacial score (nSPS) is 10.5. The summed E-state index contributed by atoms with van der Waals surface area (Å²) < 4.78 is 29.8. The Morgan fingerprint density at radius 2 is 1.94 bits per heavy atom. The van der Waals surface area contributed by atoms with Gasteiger partial charge in [-0.3, -0.25) is 9.69 Å². The summed E-state index contributed by atoms with van der Waals surface area (Å²) >= 11 is 0. The zero-order valence-corrected chi connectivity index (χ0v) is 19.0. The first kappa shape index (κ1) is 25.2. The Labute approximate surface area is 193 Å². The lowest BCUT2D eigenvalue weighted by molar-refractivity contribution is -0.121. The molecule has 0 radical (unpaired) electrons. The number of nitrogens with one attached hydrogen (secondary N) is 1. The smallest absolute Gasteiger partial charge is 0.233 e. The van der Waals surface area contributed by atoms with Crippen molar-refractivity contribution >= 4 is 18.3 Å². The van der Waals surface area contributed by atoms with E-state index in [1.54, 1.807) is 32.8 Å². The SMILES string of the molecule is CNC(=O)CN(CCc1ccc(OCc2cccc(F)c2)c(OC)c1)Cc1ccoc1.Cl. The largest absolute Gasteiger partial charge is 0.493 e. The van der Waals surface area contributed by atoms with E-state index in [0.717, 1.165) is 23.1 Å². The minimum atomic E-state index is -0.292. The monoisotopic (exact) mass is 462 g/mol. The van der Waals surface area contributed by atoms with Crippen LogP contribution in [0.25, 0.3) is 0 Å². The van der Waals surface area contributed by atoms with E-state index in [-0.39, 0.29) is 30.7 Å². The summed E-state index contributed by atoms with van der Waals surface area (Å²) in [6.45, 7) is 1.85. The van der Waals surface area contributed by atoms with Crippen molar-refractivity contribution in [3.05, 3.63) is 83.6 Å². The van der Waals surface area contributed by atoms with Crippen LogP contribution < -0.4 is 14.8 Å². The van der Waals surface area contributed by atoms with Gasteiger partial charge in [-0.15, -0.1) is 12.4 Å². The van der Waals surface area contributed by atoms with Crippen molar-refractivity contribution in [1.82, 2.24) is 10.2 Å². The molecule has 2 aromatic carbocycles. The van der Waals surface area contributed by atoms with Crippen molar-refractivity contribution in [2.45, 2.75) is 19.6 Å². The van der Waals surface area contributed by atoms with Crippen molar-refractivity contribution in [2.75, 3.05) is 27.2 Å². The zero-order chi connectivity index (χ0) is 22.1. The second-order valence-corrected chi connectivity index (χ2v) is 7.17. The summed E-state index contributed by atoms with van der Waals surface area (Å²) in [6.07, 6.45) is 4.04. The Morgan fingerprint density at radius 3 is 2.62 bits per heavy atom. The number of methoxy groups -OCH3 is 1. The number of likely N-dealkylation sites (N-methyl/N-ethyl adjacent to an activating group) is 1. The van der Waals surface area contributed by atoms with Gasteiger partial charge >= 0.3 is 0 Å². The number of rotatable bonds is 11. The molecule has 0 aliphatic heterocycles. The van der Waals surface area contributed by atoms with Crippen LogP contribution in [0.2, 0.25) is 0 Å². The molecule has 172 valence electrons. The second-order valence-electron chi connectivity index (χ2n) is 7.17. The van der Waals surface area contributed by atoms with Gasteiger partial charge in [0, 0.05) is 25.7 Å². The van der Waals surface area contributed by atoms with Gasteiger partial charge < -0.3 is 19.2 Å². The van der Waals surface area contributed by atoms with Gasteiger partial charge in [0.05, 0.1) is 26.2 Å². The Bertz CT molecular complexity index is 982. The molecule has 0 fully saturated rings. The van der Waals surface area contributed by atoms with Gasteiger partial charge in [-0.25, -0.2) is 4.39 Å². The summed E-state index contributed by atoms with van der Waals surface area (Å²) in [4.78, 5) is 13.9. The lowest BCUT2D eigenvalue weighted by Gasteiger charge is -2.21. The number of carbonyl (C=O) groups excluding carboxylic acids is 1. The van der Waals surface area contributed by atoms with Crippen LogP contribution in [0.5, 0.6) is 11.5 Å². The Morgan fingerprint density at radius 1 is 1.09 bits per heavy atom. The third-order valence-corrected chi connectivity index (χ3v) is 4.86. The molecule has 0 atom stereocenters. The molecule has 0 spiro atoms. The molecular weight excluding hydrogens is 435 g/mol. The van der Waals surface area contributed by atoms with E-state index in [9.17, 15) is 9.18 Å². The van der Waals surface area contributed by atoms with Crippen molar-refractivity contribution in [3.63, 3.8) is 0 Å². The molecule has 0 bridgehead atoms. The fourth-order valence-corrected chi connectivity index (χ4v) is 3.20. The fraction of sp³-hybridized carbons (Fsp3) is 0.292. The zero-order valence-electron chi connectivity index (χ0n) is 18.2. The Kier molecular flexibility index (Phi) is 10.0. The number of carbonyl (C=O) groups is 1. The minimum Gasteiger partial charge on any atom is -0.493 e. The Hall–Kier alpha value is -3.03. The van der Waals surface area contributed by atoms with Crippen molar-refractivity contribution in [2.24, 2.45) is 0 Å². The molecule has 0 aliphatic rings. The number of furan rings is 1. The number of amides is 1. The number of benzene rings is 2. The lowest BCUT2D eigenvalue weighted by atomic mass is 10.1. The van der Waals surface area contributed by atoms with Gasteiger partial charge in [0.2, 0.25) is 5.91 Å². The molecule has 32 heavy (non-hydrogen) atoms. The van der Waals surface area contributed by atoms with Crippen molar-refractivity contribution in [3.8, 4) is 11.5 Å². The highest BCUT2D eigenvalue weighted by atomic mass is 35.5. The predicted molar refractivity (Wildman–Crippen MR) is 123 cm³/mol. The highest BCUT2D eigenvalue weighted by Crippen LogP contribution is 2.29. The molecular formula is C24H28ClFN2O4. The second kappa shape index (κ2) is 12.7. The highest BCUT2D eigenvalue weighted by molar-refractivity contribution is 5.85. The van der Waals surface area contributed by atoms with E-state index in [1.807, 2.05) is 30.3 Å². The predicted octanol–water partition coefficient (Wildman–Crippen LogP) is 4.22. The summed E-state index contributed by atoms with van der Waals surface area (Å²) in [5.74, 6) is 0.875. The molecule has 3 rings (SSSR count). The molecule has 0 unspecified atom stereocenters. The minimum absolute atomic E-state index is 0. The number of ether oxygens (including phenoxy) is 2. The maximum Gasteiger partial charge on any atom is 0.233 e. The van der Waals surface area contributed by atoms with Crippen LogP contribution >= 0.6 is 12.4 Å². The number of halogens is 2. The molecule has 1 amide bonds. The van der Waals surface area contributed by atoms with Crippen LogP contribution in [-0.4, -0.2) is 38.1 Å². The van der Waals surface area contributed by atoms with Crippen LogP contribution in [0, 0.1) is 5.82 Å². The summed E-state index contributed by atoms with van der Waals surface area (Å²) in [6, 6.07) is 14.0. The molecule has 0 saturated carbocycles. The molecule has 0 saturated heterocycles. The Balaban J connectivity index is 0.00000363. The van der Waals surface area contributed by atoms with E-state index in [2.05, 4.69) is 10.2 Å². The highest BCUT2D eigenvalue weighted by Gasteiger charge is 2.13. The quantitative estimate of drug-likeness (QED) is 0.462. The number of nitrogens with zero attached hydrogens (tertiary/aromatic N) is 1. The lowest BCUT2D eigenvalue weighted by Crippen LogP contribution is -2.36. The van der Waals surface area contributed by atoms with E-state index in [0.29, 0.717) is 31.1 Å².